The molecule has 0 spiro atoms. The van der Waals surface area contributed by atoms with E-state index >= 15 is 0 Å². The number of fused-ring (bicyclic) bond motifs is 1. The van der Waals surface area contributed by atoms with Crippen molar-refractivity contribution < 1.29 is 110 Å². The van der Waals surface area contributed by atoms with Crippen LogP contribution in [-0.2, 0) is 95.3 Å². The van der Waals surface area contributed by atoms with E-state index in [1.54, 1.807) is 55.4 Å². The summed E-state index contributed by atoms with van der Waals surface area (Å²) < 4.78 is 53.1. The third-order valence-electron chi connectivity index (χ3n) is 11.8. The average Bonchev–Trinajstić information content (AvgIpc) is 1.57. The average molecular weight is 1210 g/mol. The number of rotatable bonds is 27. The topological polar surface area (TPSA) is 313 Å². The minimum atomic E-state index is -1.58. The van der Waals surface area contributed by atoms with Gasteiger partial charge in [-0.2, -0.15) is 0 Å². The minimum Gasteiger partial charge on any atom is -0.466 e. The number of alkyl halides is 1. The van der Waals surface area contributed by atoms with Gasteiger partial charge >= 0.3 is 59.9 Å². The fourth-order valence-corrected chi connectivity index (χ4v) is 7.96. The second-order valence-electron chi connectivity index (χ2n) is 17.2. The molecule has 2 unspecified atom stereocenters. The molecule has 23 nitrogen and oxygen atoms in total. The molecular weight excluding hydrogens is 1120 g/mol. The Morgan fingerprint density at radius 1 is 0.548 bits per heavy atom. The number of aliphatic hydroxyl groups is 2. The van der Waals surface area contributed by atoms with E-state index in [2.05, 4.69) is 71.3 Å². The quantitative estimate of drug-likeness (QED) is 0.0179. The van der Waals surface area contributed by atoms with Crippen LogP contribution in [0.2, 0.25) is 0 Å². The van der Waals surface area contributed by atoms with Gasteiger partial charge in [0.05, 0.1) is 73.0 Å². The van der Waals surface area contributed by atoms with Crippen LogP contribution in [0.1, 0.15) is 107 Å². The molecule has 0 bridgehead atoms. The van der Waals surface area contributed by atoms with Crippen LogP contribution in [0.5, 0.6) is 0 Å². The van der Waals surface area contributed by atoms with Crippen molar-refractivity contribution in [1.29, 1.82) is 0 Å². The highest BCUT2D eigenvalue weighted by atomic mass is 35.5. The smallest absolute Gasteiger partial charge is 0.466 e. The van der Waals surface area contributed by atoms with Crippen molar-refractivity contribution in [2.45, 2.75) is 107 Å². The van der Waals surface area contributed by atoms with Crippen LogP contribution in [0, 0.1) is 69.0 Å². The number of hydrogen-bond donors (Lipinski definition) is 2. The van der Waals surface area contributed by atoms with Crippen LogP contribution in [0.25, 0.3) is 0 Å². The van der Waals surface area contributed by atoms with E-state index in [4.69, 9.17) is 64.4 Å². The van der Waals surface area contributed by atoms with Gasteiger partial charge in [0.2, 0.25) is 0 Å². The Balaban J connectivity index is -0.00000102. The highest BCUT2D eigenvalue weighted by Crippen LogP contribution is 2.72. The van der Waals surface area contributed by atoms with E-state index in [1.165, 1.54) is 32.4 Å². The first-order valence-corrected chi connectivity index (χ1v) is 27.4. The Morgan fingerprint density at radius 2 is 0.940 bits per heavy atom. The molecule has 0 radical (unpaired) electrons. The molecule has 0 amide bonds. The fraction of sp³-hybridized carbons (Fsp3) is 0.600. The van der Waals surface area contributed by atoms with E-state index in [-0.39, 0.29) is 117 Å². The number of hydrogen-bond acceptors (Lipinski definition) is 23. The first-order valence-electron chi connectivity index (χ1n) is 26.9. The van der Waals surface area contributed by atoms with Crippen molar-refractivity contribution in [1.82, 2.24) is 0 Å². The van der Waals surface area contributed by atoms with Gasteiger partial charge in [-0.15, -0.1) is 31.3 Å². The van der Waals surface area contributed by atoms with Crippen molar-refractivity contribution >= 4 is 71.5 Å². The molecule has 2 aliphatic rings. The largest absolute Gasteiger partial charge is 0.508 e. The van der Waals surface area contributed by atoms with Gasteiger partial charge in [0, 0.05) is 23.8 Å². The molecule has 2 rings (SSSR count). The van der Waals surface area contributed by atoms with Crippen LogP contribution in [-0.4, -0.2) is 163 Å². The maximum Gasteiger partial charge on any atom is 0.508 e. The van der Waals surface area contributed by atoms with Crippen molar-refractivity contribution in [3.05, 3.63) is 50.1 Å². The molecule has 0 aliphatic heterocycles. The standard InChI is InChI=1S/C16H22O7.C16H22O6.C14H20O5.C10H16O4.C4H5ClO/c1-5-10-16(13(17)21-6-2,14(18)22-7-3)11-8-9-12-23-15(19)20-4;1-5-21-13(18)16(14(19)22-6-2)8-11-7-15(11,9-16)10(3)12(17)20-4;1-4-9-14(10-7-8-11-15,12(16)18-5-2)13(17)19-6-3;1-4-7-8(9(11)13-5-2)10(12)14-6-3;5-3-1-2-4-6/h5H,1,6-7,10-12H2,2-4H3;11H,3,5-9H2,1-2,4H3;4,15H,1,5-6,9-11H2,2-3H3;4,8H,1,5-7H2,2-3H3;6H,3-4H2. The molecule has 2 N–H and O–H groups in total. The normalized spacial score (nSPS) is 14.2. The number of allylic oxidation sites excluding steroid dienone is 3. The van der Waals surface area contributed by atoms with E-state index in [0.29, 0.717) is 17.9 Å². The Bertz CT molecular complexity index is 2300. The lowest BCUT2D eigenvalue weighted by molar-refractivity contribution is -0.174. The summed E-state index contributed by atoms with van der Waals surface area (Å²) in [7, 11) is 2.47. The Kier molecular flexibility index (Phi) is 43.9. The molecule has 2 atom stereocenters. The monoisotopic (exact) mass is 1210 g/mol. The Hall–Kier alpha value is -7.65. The lowest BCUT2D eigenvalue weighted by Crippen LogP contribution is -2.42. The lowest BCUT2D eigenvalue weighted by atomic mass is 9.79. The summed E-state index contributed by atoms with van der Waals surface area (Å²) in [6, 6.07) is 0. The first kappa shape index (κ1) is 80.6. The summed E-state index contributed by atoms with van der Waals surface area (Å²) >= 11 is 5.10. The first-order chi connectivity index (χ1) is 40.0. The zero-order valence-electron chi connectivity index (χ0n) is 50.2. The number of aliphatic hydroxyl groups excluding tert-OH is 2. The van der Waals surface area contributed by atoms with Gasteiger partial charge in [0.15, 0.2) is 28.8 Å². The van der Waals surface area contributed by atoms with Crippen molar-refractivity contribution in [3.63, 3.8) is 0 Å². The number of halogens is 1. The molecule has 84 heavy (non-hydrogen) atoms. The summed E-state index contributed by atoms with van der Waals surface area (Å²) in [5.74, 6) is 8.97. The Morgan fingerprint density at radius 3 is 1.26 bits per heavy atom. The molecule has 0 saturated heterocycles. The zero-order chi connectivity index (χ0) is 64.8. The maximum atomic E-state index is 12.4. The van der Waals surface area contributed by atoms with Gasteiger partial charge in [0.1, 0.15) is 13.2 Å². The number of carbonyl (C=O) groups excluding carboxylic acids is 10. The van der Waals surface area contributed by atoms with E-state index < -0.39 is 87.5 Å². The molecule has 24 heteroatoms. The number of methoxy groups -OCH3 is 2. The van der Waals surface area contributed by atoms with Crippen LogP contribution >= 0.6 is 11.6 Å². The minimum absolute atomic E-state index is 0.0250. The van der Waals surface area contributed by atoms with Crippen LogP contribution in [0.4, 0.5) is 4.79 Å². The summed E-state index contributed by atoms with van der Waals surface area (Å²) in [6.07, 6.45) is 4.93. The Labute approximate surface area is 498 Å². The third-order valence-corrected chi connectivity index (χ3v) is 11.9. The number of esters is 9. The lowest BCUT2D eigenvalue weighted by Gasteiger charge is -2.27. The molecule has 2 aliphatic carbocycles. The van der Waals surface area contributed by atoms with E-state index in [9.17, 15) is 47.9 Å². The van der Waals surface area contributed by atoms with Gasteiger partial charge < -0.3 is 62.3 Å². The highest BCUT2D eigenvalue weighted by molar-refractivity contribution is 6.19. The molecule has 0 heterocycles. The zero-order valence-corrected chi connectivity index (χ0v) is 51.0. The summed E-state index contributed by atoms with van der Waals surface area (Å²) in [6.45, 7) is 28.5. The molecule has 0 aromatic carbocycles. The predicted octanol–water partition coefficient (Wildman–Crippen LogP) is 6.07. The summed E-state index contributed by atoms with van der Waals surface area (Å²) in [4.78, 5) is 119. The van der Waals surface area contributed by atoms with Gasteiger partial charge in [-0.25, -0.2) is 9.59 Å². The van der Waals surface area contributed by atoms with Crippen LogP contribution in [0.15, 0.2) is 50.1 Å². The SMILES string of the molecule is C=C(C(=O)OC)C12CC1CC(C(=O)OCC)(C(=O)OCC)C2.C=CCC(C(=O)OCC)C(=O)OCC.C=CCC(CC#CCO)(C(=O)OCC)C(=O)OCC.C=CCC(CC#CCOC(=O)OC)(C(=O)OCC)C(=O)OCC.OCC#CCCl. The van der Waals surface area contributed by atoms with Crippen molar-refractivity contribution in [2.24, 2.45) is 33.5 Å². The molecule has 2 fully saturated rings. The molecule has 470 valence electrons. The van der Waals surface area contributed by atoms with Gasteiger partial charge in [-0.3, -0.25) is 38.4 Å². The second kappa shape index (κ2) is 45.8. The summed E-state index contributed by atoms with van der Waals surface area (Å²) in [5.41, 5.74) is -4.61. The molecular formula is C60H85ClO23. The molecule has 0 aromatic heterocycles. The number of carbonyl (C=O) groups is 10. The molecule has 0 aromatic rings. The van der Waals surface area contributed by atoms with Crippen molar-refractivity contribution in [2.75, 3.05) is 92.8 Å². The van der Waals surface area contributed by atoms with E-state index in [1.807, 2.05) is 0 Å². The van der Waals surface area contributed by atoms with Crippen LogP contribution < -0.4 is 0 Å². The maximum absolute atomic E-state index is 12.4. The van der Waals surface area contributed by atoms with Gasteiger partial charge in [0.25, 0.3) is 0 Å². The second-order valence-corrected chi connectivity index (χ2v) is 17.4. The van der Waals surface area contributed by atoms with Crippen LogP contribution in [0.3, 0.4) is 0 Å². The van der Waals surface area contributed by atoms with E-state index in [0.717, 1.165) is 6.42 Å². The predicted molar refractivity (Wildman–Crippen MR) is 305 cm³/mol. The van der Waals surface area contributed by atoms with Gasteiger partial charge in [-0.1, -0.05) is 60.3 Å². The number of ether oxygens (including phenoxy) is 11. The highest BCUT2D eigenvalue weighted by Gasteiger charge is 2.73. The third kappa shape index (κ3) is 26.3. The van der Waals surface area contributed by atoms with Gasteiger partial charge in [-0.05, 0) is 99.8 Å². The molecule has 2 saturated carbocycles. The summed E-state index contributed by atoms with van der Waals surface area (Å²) in [5, 5.41) is 16.6. The fourth-order valence-electron chi connectivity index (χ4n) is 7.87. The van der Waals surface area contributed by atoms with Crippen molar-refractivity contribution in [3.8, 4) is 35.5 Å².